The minimum Gasteiger partial charge on any atom is -0.233 e. The highest BCUT2D eigenvalue weighted by Crippen LogP contribution is 2.58. The van der Waals surface area contributed by atoms with Crippen LogP contribution in [0.4, 0.5) is 52.7 Å². The molecule has 0 aromatic rings. The Hall–Kier alpha value is -0.840. The zero-order chi connectivity index (χ0) is 17.0. The van der Waals surface area contributed by atoms with Crippen LogP contribution in [0.5, 0.6) is 0 Å². The molecule has 12 heteroatoms. The Kier molecular flexibility index (Phi) is 4.14. The van der Waals surface area contributed by atoms with Gasteiger partial charge in [-0.15, -0.1) is 0 Å². The standard InChI is InChI=1S/C8H6F12/c1-3(9,4(2,10)7(15,16)17)5(11,12)6(13,14)8(18,19)20/h1-2H3. The van der Waals surface area contributed by atoms with Crippen LogP contribution in [0.3, 0.4) is 0 Å². The number of rotatable bonds is 3. The summed E-state index contributed by atoms with van der Waals surface area (Å²) in [6, 6.07) is 0. The van der Waals surface area contributed by atoms with Crippen LogP contribution in [-0.4, -0.2) is 35.5 Å². The van der Waals surface area contributed by atoms with Crippen LogP contribution >= 0.6 is 0 Å². The molecule has 0 rings (SSSR count). The third kappa shape index (κ3) is 2.30. The zero-order valence-corrected chi connectivity index (χ0v) is 9.54. The maximum absolute atomic E-state index is 13.3. The van der Waals surface area contributed by atoms with E-state index in [1.807, 2.05) is 0 Å². The summed E-state index contributed by atoms with van der Waals surface area (Å²) in [5.41, 5.74) is -11.5. The van der Waals surface area contributed by atoms with E-state index < -0.39 is 49.4 Å². The molecule has 0 bridgehead atoms. The first kappa shape index (κ1) is 19.2. The van der Waals surface area contributed by atoms with Crippen molar-refractivity contribution in [2.24, 2.45) is 0 Å². The molecule has 0 aliphatic carbocycles. The molecule has 0 aromatic carbocycles. The molecule has 0 amide bonds. The smallest absolute Gasteiger partial charge is 0.233 e. The first-order valence-corrected chi connectivity index (χ1v) is 4.52. The Labute approximate surface area is 103 Å². The van der Waals surface area contributed by atoms with E-state index in [0.29, 0.717) is 0 Å². The summed E-state index contributed by atoms with van der Waals surface area (Å²) < 4.78 is 149. The molecule has 2 unspecified atom stereocenters. The molecule has 0 nitrogen and oxygen atoms in total. The van der Waals surface area contributed by atoms with Gasteiger partial charge in [0, 0.05) is 0 Å². The summed E-state index contributed by atoms with van der Waals surface area (Å²) >= 11 is 0. The van der Waals surface area contributed by atoms with Gasteiger partial charge in [-0.1, -0.05) is 0 Å². The summed E-state index contributed by atoms with van der Waals surface area (Å²) in [6.07, 6.45) is -13.5. The van der Waals surface area contributed by atoms with Gasteiger partial charge in [0.1, 0.15) is 0 Å². The van der Waals surface area contributed by atoms with Crippen molar-refractivity contribution in [3.05, 3.63) is 0 Å². The van der Waals surface area contributed by atoms with E-state index >= 15 is 0 Å². The third-order valence-electron chi connectivity index (χ3n) is 2.75. The van der Waals surface area contributed by atoms with E-state index in [9.17, 15) is 52.7 Å². The topological polar surface area (TPSA) is 0 Å². The molecule has 0 aromatic heterocycles. The van der Waals surface area contributed by atoms with Gasteiger partial charge in [0.2, 0.25) is 11.3 Å². The molecule has 0 aliphatic rings. The van der Waals surface area contributed by atoms with Crippen molar-refractivity contribution in [3.8, 4) is 0 Å². The normalized spacial score (nSPS) is 21.3. The summed E-state index contributed by atoms with van der Waals surface area (Å²) in [7, 11) is 0. The highest BCUT2D eigenvalue weighted by atomic mass is 19.4. The van der Waals surface area contributed by atoms with Crippen molar-refractivity contribution in [1.82, 2.24) is 0 Å². The summed E-state index contributed by atoms with van der Waals surface area (Å²) in [6.45, 7) is -1.91. The molecular weight excluding hydrogens is 324 g/mol. The predicted octanol–water partition coefficient (Wildman–Crippen LogP) is 4.84. The second-order valence-corrected chi connectivity index (χ2v) is 4.15. The van der Waals surface area contributed by atoms with Gasteiger partial charge in [-0.05, 0) is 13.8 Å². The molecule has 122 valence electrons. The Bertz CT molecular complexity index is 321. The maximum atomic E-state index is 13.3. The second-order valence-electron chi connectivity index (χ2n) is 4.15. The SMILES string of the molecule is CC(F)(C(F)(F)F)C(C)(F)C(F)(F)C(F)(F)C(F)(F)F. The monoisotopic (exact) mass is 330 g/mol. The van der Waals surface area contributed by atoms with Crippen LogP contribution in [0.15, 0.2) is 0 Å². The molecular formula is C8H6F12. The molecule has 0 fully saturated rings. The van der Waals surface area contributed by atoms with Gasteiger partial charge in [-0.3, -0.25) is 0 Å². The molecule has 0 heterocycles. The lowest BCUT2D eigenvalue weighted by atomic mass is 9.80. The largest absolute Gasteiger partial charge is 0.460 e. The molecule has 0 aliphatic heterocycles. The van der Waals surface area contributed by atoms with Crippen molar-refractivity contribution < 1.29 is 52.7 Å². The zero-order valence-electron chi connectivity index (χ0n) is 9.54. The number of halogens is 12. The summed E-state index contributed by atoms with van der Waals surface area (Å²) in [4.78, 5) is 0. The Morgan fingerprint density at radius 1 is 0.400 bits per heavy atom. The van der Waals surface area contributed by atoms with Gasteiger partial charge in [0.25, 0.3) is 0 Å². The molecule has 0 spiro atoms. The second kappa shape index (κ2) is 4.33. The molecule has 0 saturated carbocycles. The van der Waals surface area contributed by atoms with Gasteiger partial charge < -0.3 is 0 Å². The lowest BCUT2D eigenvalue weighted by Crippen LogP contribution is -2.70. The molecule has 2 atom stereocenters. The van der Waals surface area contributed by atoms with Gasteiger partial charge in [-0.25, -0.2) is 8.78 Å². The van der Waals surface area contributed by atoms with Crippen molar-refractivity contribution in [2.45, 2.75) is 49.4 Å². The van der Waals surface area contributed by atoms with E-state index in [4.69, 9.17) is 0 Å². The Balaban J connectivity index is 6.08. The first-order chi connectivity index (χ1) is 8.25. The number of alkyl halides is 12. The van der Waals surface area contributed by atoms with Crippen LogP contribution in [0.2, 0.25) is 0 Å². The van der Waals surface area contributed by atoms with Gasteiger partial charge in [-0.2, -0.15) is 43.9 Å². The van der Waals surface area contributed by atoms with Crippen molar-refractivity contribution in [3.63, 3.8) is 0 Å². The van der Waals surface area contributed by atoms with E-state index in [0.717, 1.165) is 0 Å². The van der Waals surface area contributed by atoms with Crippen LogP contribution in [-0.2, 0) is 0 Å². The maximum Gasteiger partial charge on any atom is 0.460 e. The van der Waals surface area contributed by atoms with E-state index in [2.05, 4.69) is 0 Å². The van der Waals surface area contributed by atoms with Crippen molar-refractivity contribution in [1.29, 1.82) is 0 Å². The van der Waals surface area contributed by atoms with Gasteiger partial charge in [0.15, 0.2) is 0 Å². The lowest BCUT2D eigenvalue weighted by Gasteiger charge is -2.42. The number of hydrogen-bond donors (Lipinski definition) is 0. The van der Waals surface area contributed by atoms with Crippen LogP contribution in [0, 0.1) is 0 Å². The third-order valence-corrected chi connectivity index (χ3v) is 2.75. The van der Waals surface area contributed by atoms with Crippen molar-refractivity contribution in [2.75, 3.05) is 0 Å². The minimum absolute atomic E-state index is 0.895. The van der Waals surface area contributed by atoms with E-state index in [-0.39, 0.29) is 0 Å². The fraction of sp³-hybridized carbons (Fsp3) is 1.00. The fourth-order valence-electron chi connectivity index (χ4n) is 1.03. The Morgan fingerprint density at radius 2 is 0.700 bits per heavy atom. The highest BCUT2D eigenvalue weighted by molar-refractivity contribution is 5.13. The summed E-state index contributed by atoms with van der Waals surface area (Å²) in [5, 5.41) is 0. The van der Waals surface area contributed by atoms with Crippen molar-refractivity contribution >= 4 is 0 Å². The predicted molar refractivity (Wildman–Crippen MR) is 41.0 cm³/mol. The average Bonchev–Trinajstić information content (AvgIpc) is 2.12. The lowest BCUT2D eigenvalue weighted by molar-refractivity contribution is -0.402. The highest BCUT2D eigenvalue weighted by Gasteiger charge is 2.85. The molecule has 0 radical (unpaired) electrons. The Morgan fingerprint density at radius 3 is 0.900 bits per heavy atom. The molecule has 0 saturated heterocycles. The first-order valence-electron chi connectivity index (χ1n) is 4.52. The molecule has 0 N–H and O–H groups in total. The van der Waals surface area contributed by atoms with Crippen LogP contribution < -0.4 is 0 Å². The van der Waals surface area contributed by atoms with Gasteiger partial charge in [0.05, 0.1) is 0 Å². The molecule has 20 heavy (non-hydrogen) atoms. The average molecular weight is 330 g/mol. The van der Waals surface area contributed by atoms with E-state index in [1.165, 1.54) is 0 Å². The van der Waals surface area contributed by atoms with E-state index in [1.54, 1.807) is 0 Å². The summed E-state index contributed by atoms with van der Waals surface area (Å²) in [5.74, 6) is -14.2. The number of hydrogen-bond acceptors (Lipinski definition) is 0. The minimum atomic E-state index is -7.21. The quantitative estimate of drug-likeness (QED) is 0.650. The van der Waals surface area contributed by atoms with Crippen LogP contribution in [0.1, 0.15) is 13.8 Å². The van der Waals surface area contributed by atoms with Crippen LogP contribution in [0.25, 0.3) is 0 Å². The fourth-order valence-corrected chi connectivity index (χ4v) is 1.03. The van der Waals surface area contributed by atoms with Gasteiger partial charge >= 0.3 is 24.2 Å².